The third-order valence-electron chi connectivity index (χ3n) is 3.27. The number of aromatic nitrogens is 4. The van der Waals surface area contributed by atoms with Gasteiger partial charge in [-0.15, -0.1) is 0 Å². The van der Waals surface area contributed by atoms with Crippen LogP contribution in [0.2, 0.25) is 0 Å². The number of ether oxygens (including phenoxy) is 1. The van der Waals surface area contributed by atoms with Crippen LogP contribution in [0.1, 0.15) is 12.6 Å². The van der Waals surface area contributed by atoms with E-state index in [1.54, 1.807) is 4.57 Å². The lowest BCUT2D eigenvalue weighted by molar-refractivity contribution is -0.0432. The molecule has 10 heteroatoms. The van der Waals surface area contributed by atoms with Crippen LogP contribution in [-0.4, -0.2) is 55.7 Å². The van der Waals surface area contributed by atoms with E-state index < -0.39 is 18.4 Å². The van der Waals surface area contributed by atoms with E-state index in [0.717, 1.165) is 12.0 Å². The molecule has 3 rings (SSSR count). The molecule has 0 saturated carbocycles. The predicted octanol–water partition coefficient (Wildman–Crippen LogP) is -0.586. The van der Waals surface area contributed by atoms with Gasteiger partial charge in [0.05, 0.1) is 38.2 Å². The average molecular weight is 314 g/mol. The number of aliphatic hydroxyl groups is 2. The third-order valence-corrected chi connectivity index (χ3v) is 3.79. The Hall–Kier alpha value is -1.46. The third kappa shape index (κ3) is 2.56. The van der Waals surface area contributed by atoms with Crippen LogP contribution in [0.15, 0.2) is 16.3 Å². The van der Waals surface area contributed by atoms with Crippen molar-refractivity contribution in [2.75, 3.05) is 13.7 Å². The first-order chi connectivity index (χ1) is 10.1. The van der Waals surface area contributed by atoms with Crippen molar-refractivity contribution in [1.82, 2.24) is 19.5 Å². The van der Waals surface area contributed by atoms with E-state index in [4.69, 9.17) is 14.0 Å². The van der Waals surface area contributed by atoms with Crippen LogP contribution in [0.4, 0.5) is 0 Å². The molecule has 3 atom stereocenters. The Morgan fingerprint density at radius 1 is 1.67 bits per heavy atom. The van der Waals surface area contributed by atoms with Crippen molar-refractivity contribution in [3.8, 4) is 0 Å². The molecule has 1 saturated heterocycles. The zero-order chi connectivity index (χ0) is 15.0. The molecule has 0 amide bonds. The molecule has 1 fully saturated rings. The molecule has 2 aromatic rings. The molecule has 1 aliphatic heterocycles. The highest BCUT2D eigenvalue weighted by Crippen LogP contribution is 2.30. The first-order valence-electron chi connectivity index (χ1n) is 6.26. The fourth-order valence-electron chi connectivity index (χ4n) is 2.29. The summed E-state index contributed by atoms with van der Waals surface area (Å²) in [6.45, 7) is -0.275. The number of H-pyrrole nitrogens is 1. The Labute approximate surface area is 123 Å². The highest BCUT2D eigenvalue weighted by atomic mass is 32.2. The zero-order valence-corrected chi connectivity index (χ0v) is 11.9. The molecule has 0 radical (unpaired) electrons. The summed E-state index contributed by atoms with van der Waals surface area (Å²) in [6.07, 6.45) is -0.227. The van der Waals surface area contributed by atoms with Gasteiger partial charge in [-0.3, -0.25) is 14.3 Å². The maximum absolute atomic E-state index is 11.9. The number of hydrogen-bond acceptors (Lipinski definition) is 8. The van der Waals surface area contributed by atoms with Crippen LogP contribution in [0.3, 0.4) is 0 Å². The van der Waals surface area contributed by atoms with Crippen LogP contribution >= 0.6 is 12.0 Å². The van der Waals surface area contributed by atoms with E-state index in [1.165, 1.54) is 13.4 Å². The minimum atomic E-state index is -0.771. The Morgan fingerprint density at radius 2 is 2.48 bits per heavy atom. The molecule has 0 aliphatic carbocycles. The number of aliphatic hydroxyl groups excluding tert-OH is 2. The molecule has 2 aromatic heterocycles. The number of rotatable bonds is 4. The molecule has 9 nitrogen and oxygen atoms in total. The Kier molecular flexibility index (Phi) is 3.95. The van der Waals surface area contributed by atoms with Crippen molar-refractivity contribution in [2.24, 2.45) is 0 Å². The van der Waals surface area contributed by atoms with Gasteiger partial charge in [-0.05, 0) is 0 Å². The first kappa shape index (κ1) is 14.5. The molecule has 3 N–H and O–H groups in total. The van der Waals surface area contributed by atoms with Gasteiger partial charge in [0.1, 0.15) is 12.3 Å². The van der Waals surface area contributed by atoms with E-state index >= 15 is 0 Å². The molecule has 3 heterocycles. The van der Waals surface area contributed by atoms with Crippen LogP contribution < -0.4 is 5.56 Å². The van der Waals surface area contributed by atoms with Crippen LogP contribution in [0.5, 0.6) is 0 Å². The first-order valence-corrected chi connectivity index (χ1v) is 7.00. The van der Waals surface area contributed by atoms with E-state index in [2.05, 4.69) is 15.0 Å². The smallest absolute Gasteiger partial charge is 0.279 e. The summed E-state index contributed by atoms with van der Waals surface area (Å²) in [6, 6.07) is 0. The summed E-state index contributed by atoms with van der Waals surface area (Å²) in [7, 11) is 1.47. The Morgan fingerprint density at radius 3 is 3.14 bits per heavy atom. The topological polar surface area (TPSA) is 122 Å². The van der Waals surface area contributed by atoms with E-state index in [-0.39, 0.29) is 24.1 Å². The second-order valence-corrected chi connectivity index (χ2v) is 5.45. The van der Waals surface area contributed by atoms with Crippen LogP contribution in [-0.2, 0) is 8.92 Å². The van der Waals surface area contributed by atoms with E-state index in [9.17, 15) is 9.90 Å². The van der Waals surface area contributed by atoms with Gasteiger partial charge < -0.3 is 19.1 Å². The van der Waals surface area contributed by atoms with Gasteiger partial charge in [0.25, 0.3) is 5.56 Å². The fraction of sp³-hybridized carbons (Fsp3) is 0.545. The molecule has 114 valence electrons. The number of imidazole rings is 1. The lowest BCUT2D eigenvalue weighted by Crippen LogP contribution is -2.24. The second kappa shape index (κ2) is 5.73. The maximum atomic E-state index is 11.9. The van der Waals surface area contributed by atoms with Crippen molar-refractivity contribution >= 4 is 23.2 Å². The van der Waals surface area contributed by atoms with Crippen molar-refractivity contribution in [1.29, 1.82) is 0 Å². The number of nitrogens with zero attached hydrogens (tertiary/aromatic N) is 3. The molecular formula is C11H14N4O5S. The van der Waals surface area contributed by atoms with Gasteiger partial charge in [-0.25, -0.2) is 9.97 Å². The summed E-state index contributed by atoms with van der Waals surface area (Å²) in [5.41, 5.74) is 0.144. The van der Waals surface area contributed by atoms with Crippen molar-refractivity contribution < 1.29 is 19.1 Å². The lowest BCUT2D eigenvalue weighted by Gasteiger charge is -2.13. The Bertz CT molecular complexity index is 701. The van der Waals surface area contributed by atoms with Gasteiger partial charge in [-0.2, -0.15) is 0 Å². The second-order valence-electron chi connectivity index (χ2n) is 4.56. The largest absolute Gasteiger partial charge is 0.394 e. The van der Waals surface area contributed by atoms with Crippen molar-refractivity contribution in [3.63, 3.8) is 0 Å². The van der Waals surface area contributed by atoms with Gasteiger partial charge in [0.15, 0.2) is 16.3 Å². The van der Waals surface area contributed by atoms with Crippen molar-refractivity contribution in [3.05, 3.63) is 16.7 Å². The average Bonchev–Trinajstić information content (AvgIpc) is 3.02. The van der Waals surface area contributed by atoms with Crippen molar-refractivity contribution in [2.45, 2.75) is 30.0 Å². The number of aromatic amines is 1. The standard InChI is InChI=1S/C11H14N4O5S/c1-19-21-11-13-9-8(10(18)14-11)12-4-15(9)7-2-5(17)6(3-16)20-7/h4-7,16-17H,2-3H2,1H3,(H,13,14,18)/t5-,6+,7+/m0/s1. The molecule has 0 spiro atoms. The van der Waals surface area contributed by atoms with Gasteiger partial charge >= 0.3 is 0 Å². The van der Waals surface area contributed by atoms with Gasteiger partial charge in [-0.1, -0.05) is 0 Å². The number of nitrogens with one attached hydrogen (secondary N) is 1. The summed E-state index contributed by atoms with van der Waals surface area (Å²) in [4.78, 5) is 22.8. The van der Waals surface area contributed by atoms with Gasteiger partial charge in [0.2, 0.25) is 0 Å². The number of fused-ring (bicyclic) bond motifs is 1. The predicted molar refractivity (Wildman–Crippen MR) is 72.6 cm³/mol. The Balaban J connectivity index is 2.01. The SMILES string of the molecule is COSc1nc2c(ncn2[C@H]2C[C@H](O)[C@@H](CO)O2)c(=O)[nH]1. The fourth-order valence-corrected chi connectivity index (χ4v) is 2.70. The normalized spacial score (nSPS) is 25.8. The van der Waals surface area contributed by atoms with E-state index in [1.807, 2.05) is 0 Å². The zero-order valence-electron chi connectivity index (χ0n) is 11.1. The highest BCUT2D eigenvalue weighted by molar-refractivity contribution is 7.94. The highest BCUT2D eigenvalue weighted by Gasteiger charge is 2.35. The van der Waals surface area contributed by atoms with E-state index in [0.29, 0.717) is 10.8 Å². The number of hydrogen-bond donors (Lipinski definition) is 3. The lowest BCUT2D eigenvalue weighted by atomic mass is 10.2. The summed E-state index contributed by atoms with van der Waals surface area (Å²) in [5.74, 6) is 0. The van der Waals surface area contributed by atoms with Crippen LogP contribution in [0, 0.1) is 0 Å². The maximum Gasteiger partial charge on any atom is 0.279 e. The molecule has 0 aromatic carbocycles. The quantitative estimate of drug-likeness (QED) is 0.506. The molecule has 21 heavy (non-hydrogen) atoms. The monoisotopic (exact) mass is 314 g/mol. The molecular weight excluding hydrogens is 300 g/mol. The molecule has 0 bridgehead atoms. The molecule has 1 aliphatic rings. The van der Waals surface area contributed by atoms with Gasteiger partial charge in [0, 0.05) is 6.42 Å². The summed E-state index contributed by atoms with van der Waals surface area (Å²) in [5, 5.41) is 19.2. The van der Waals surface area contributed by atoms with Crippen LogP contribution in [0.25, 0.3) is 11.2 Å². The summed E-state index contributed by atoms with van der Waals surface area (Å²) >= 11 is 0.927. The summed E-state index contributed by atoms with van der Waals surface area (Å²) < 4.78 is 12.0. The minimum absolute atomic E-state index is 0.181. The molecule has 0 unspecified atom stereocenters. The minimum Gasteiger partial charge on any atom is -0.394 e.